The van der Waals surface area contributed by atoms with E-state index in [1.165, 1.54) is 30.3 Å². The van der Waals surface area contributed by atoms with Gasteiger partial charge in [-0.3, -0.25) is 14.9 Å². The van der Waals surface area contributed by atoms with Crippen molar-refractivity contribution in [1.82, 2.24) is 4.98 Å². The Morgan fingerprint density at radius 2 is 1.57 bits per heavy atom. The number of rotatable bonds is 5. The number of nitro groups is 1. The van der Waals surface area contributed by atoms with Crippen LogP contribution in [0.2, 0.25) is 0 Å². The first-order valence-electron chi connectivity index (χ1n) is 8.76. The van der Waals surface area contributed by atoms with Crippen LogP contribution in [0.4, 0.5) is 5.69 Å². The van der Waals surface area contributed by atoms with Gasteiger partial charge in [-0.15, -0.1) is 0 Å². The molecule has 0 saturated carbocycles. The van der Waals surface area contributed by atoms with Crippen molar-refractivity contribution in [3.05, 3.63) is 106 Å². The molecule has 1 aromatic heterocycles. The Balaban J connectivity index is 1.72. The van der Waals surface area contributed by atoms with Crippen molar-refractivity contribution in [2.75, 3.05) is 0 Å². The van der Waals surface area contributed by atoms with E-state index in [4.69, 9.17) is 0 Å². The van der Waals surface area contributed by atoms with Crippen molar-refractivity contribution in [2.45, 2.75) is 0 Å². The van der Waals surface area contributed by atoms with Crippen LogP contribution in [0.3, 0.4) is 0 Å². The number of non-ortho nitro benzene ring substituents is 1. The van der Waals surface area contributed by atoms with Gasteiger partial charge in [0, 0.05) is 34.2 Å². The Morgan fingerprint density at radius 1 is 0.893 bits per heavy atom. The maximum absolute atomic E-state index is 12.5. The SMILES string of the molecule is O=C(/C=C\c1c(-c2ccccc2)[nH]c2ccccc12)c1ccc([N+](=O)[O-])cc1. The number of aromatic nitrogens is 1. The molecule has 4 rings (SSSR count). The molecule has 0 aliphatic rings. The van der Waals surface area contributed by atoms with Gasteiger partial charge >= 0.3 is 0 Å². The average Bonchev–Trinajstić information content (AvgIpc) is 3.11. The Bertz CT molecular complexity index is 1190. The molecule has 4 aromatic rings. The van der Waals surface area contributed by atoms with Gasteiger partial charge in [0.2, 0.25) is 0 Å². The molecule has 28 heavy (non-hydrogen) atoms. The fourth-order valence-electron chi connectivity index (χ4n) is 3.17. The van der Waals surface area contributed by atoms with Gasteiger partial charge in [0.05, 0.1) is 10.6 Å². The summed E-state index contributed by atoms with van der Waals surface area (Å²) in [6.07, 6.45) is 3.30. The number of nitro benzene ring substituents is 1. The number of aromatic amines is 1. The van der Waals surface area contributed by atoms with Crippen LogP contribution in [0.15, 0.2) is 84.9 Å². The lowest BCUT2D eigenvalue weighted by Crippen LogP contribution is -1.95. The molecule has 0 fully saturated rings. The second-order valence-electron chi connectivity index (χ2n) is 6.33. The molecule has 1 heterocycles. The van der Waals surface area contributed by atoms with Gasteiger partial charge in [-0.05, 0) is 35.9 Å². The van der Waals surface area contributed by atoms with E-state index in [9.17, 15) is 14.9 Å². The predicted molar refractivity (Wildman–Crippen MR) is 110 cm³/mol. The zero-order chi connectivity index (χ0) is 19.5. The summed E-state index contributed by atoms with van der Waals surface area (Å²) in [7, 11) is 0. The van der Waals surface area contributed by atoms with Crippen LogP contribution in [0, 0.1) is 10.1 Å². The number of hydrogen-bond donors (Lipinski definition) is 1. The van der Waals surface area contributed by atoms with Crippen molar-refractivity contribution >= 4 is 28.4 Å². The smallest absolute Gasteiger partial charge is 0.269 e. The van der Waals surface area contributed by atoms with Crippen molar-refractivity contribution in [3.63, 3.8) is 0 Å². The lowest BCUT2D eigenvalue weighted by Gasteiger charge is -2.01. The molecule has 3 aromatic carbocycles. The quantitative estimate of drug-likeness (QED) is 0.214. The minimum Gasteiger partial charge on any atom is -0.354 e. The number of allylic oxidation sites excluding steroid dienone is 1. The first-order valence-corrected chi connectivity index (χ1v) is 8.76. The van der Waals surface area contributed by atoms with Crippen LogP contribution in [0.5, 0.6) is 0 Å². The predicted octanol–water partition coefficient (Wildman–Crippen LogP) is 5.64. The Hall–Kier alpha value is -3.99. The summed E-state index contributed by atoms with van der Waals surface area (Å²) in [6, 6.07) is 23.5. The molecule has 5 nitrogen and oxygen atoms in total. The largest absolute Gasteiger partial charge is 0.354 e. The Kier molecular flexibility index (Phi) is 4.56. The van der Waals surface area contributed by atoms with E-state index < -0.39 is 4.92 Å². The number of H-pyrrole nitrogens is 1. The Labute approximate surface area is 161 Å². The maximum Gasteiger partial charge on any atom is 0.269 e. The van der Waals surface area contributed by atoms with Crippen LogP contribution in [0.25, 0.3) is 28.2 Å². The molecule has 5 heteroatoms. The minimum absolute atomic E-state index is 0.0384. The molecular weight excluding hydrogens is 352 g/mol. The summed E-state index contributed by atoms with van der Waals surface area (Å²) in [5.41, 5.74) is 4.25. The zero-order valence-electron chi connectivity index (χ0n) is 14.8. The maximum atomic E-state index is 12.5. The highest BCUT2D eigenvalue weighted by atomic mass is 16.6. The molecule has 0 amide bonds. The van der Waals surface area contributed by atoms with Crippen LogP contribution in [-0.2, 0) is 0 Å². The summed E-state index contributed by atoms with van der Waals surface area (Å²) in [6.45, 7) is 0. The fourth-order valence-corrected chi connectivity index (χ4v) is 3.17. The molecule has 0 radical (unpaired) electrons. The molecule has 0 aliphatic carbocycles. The number of carbonyl (C=O) groups excluding carboxylic acids is 1. The second-order valence-corrected chi connectivity index (χ2v) is 6.33. The summed E-state index contributed by atoms with van der Waals surface area (Å²) in [5.74, 6) is -0.209. The highest BCUT2D eigenvalue weighted by Gasteiger charge is 2.12. The van der Waals surface area contributed by atoms with Gasteiger partial charge in [-0.2, -0.15) is 0 Å². The van der Waals surface area contributed by atoms with E-state index in [-0.39, 0.29) is 11.5 Å². The summed E-state index contributed by atoms with van der Waals surface area (Å²) < 4.78 is 0. The molecule has 0 aliphatic heterocycles. The van der Waals surface area contributed by atoms with Crippen LogP contribution >= 0.6 is 0 Å². The molecular formula is C23H16N2O3. The van der Waals surface area contributed by atoms with Crippen LogP contribution < -0.4 is 0 Å². The van der Waals surface area contributed by atoms with Crippen molar-refractivity contribution in [3.8, 4) is 11.3 Å². The average molecular weight is 368 g/mol. The molecule has 0 bridgehead atoms. The van der Waals surface area contributed by atoms with Gasteiger partial charge in [0.15, 0.2) is 5.78 Å². The van der Waals surface area contributed by atoms with E-state index in [2.05, 4.69) is 4.98 Å². The standard InChI is InChI=1S/C23H16N2O3/c26-22(16-10-12-18(13-11-16)25(27)28)15-14-20-19-8-4-5-9-21(19)24-23(20)17-6-2-1-3-7-17/h1-15,24H/b15-14-. The van der Waals surface area contributed by atoms with Gasteiger partial charge in [0.25, 0.3) is 5.69 Å². The molecule has 0 unspecified atom stereocenters. The second kappa shape index (κ2) is 7.32. The third-order valence-electron chi connectivity index (χ3n) is 4.57. The number of fused-ring (bicyclic) bond motifs is 1. The highest BCUT2D eigenvalue weighted by molar-refractivity contribution is 6.09. The topological polar surface area (TPSA) is 76.0 Å². The number of nitrogens with one attached hydrogen (secondary N) is 1. The summed E-state index contributed by atoms with van der Waals surface area (Å²) in [5, 5.41) is 11.8. The Morgan fingerprint density at radius 3 is 2.29 bits per heavy atom. The first-order chi connectivity index (χ1) is 13.6. The molecule has 136 valence electrons. The zero-order valence-corrected chi connectivity index (χ0v) is 14.8. The monoisotopic (exact) mass is 368 g/mol. The lowest BCUT2D eigenvalue weighted by atomic mass is 10.0. The van der Waals surface area contributed by atoms with Crippen LogP contribution in [-0.4, -0.2) is 15.7 Å². The number of ketones is 1. The third-order valence-corrected chi connectivity index (χ3v) is 4.57. The van der Waals surface area contributed by atoms with E-state index in [0.717, 1.165) is 27.7 Å². The third kappa shape index (κ3) is 3.33. The highest BCUT2D eigenvalue weighted by Crippen LogP contribution is 2.31. The lowest BCUT2D eigenvalue weighted by molar-refractivity contribution is -0.384. The van der Waals surface area contributed by atoms with E-state index in [0.29, 0.717) is 5.56 Å². The van der Waals surface area contributed by atoms with Crippen molar-refractivity contribution in [1.29, 1.82) is 0 Å². The summed E-state index contributed by atoms with van der Waals surface area (Å²) >= 11 is 0. The van der Waals surface area contributed by atoms with E-state index in [1.54, 1.807) is 6.08 Å². The van der Waals surface area contributed by atoms with Crippen molar-refractivity contribution in [2.24, 2.45) is 0 Å². The molecule has 0 saturated heterocycles. The van der Waals surface area contributed by atoms with E-state index >= 15 is 0 Å². The molecule has 0 atom stereocenters. The number of hydrogen-bond acceptors (Lipinski definition) is 3. The van der Waals surface area contributed by atoms with Gasteiger partial charge in [0.1, 0.15) is 0 Å². The number of carbonyl (C=O) groups is 1. The number of para-hydroxylation sites is 1. The molecule has 0 spiro atoms. The normalized spacial score (nSPS) is 11.1. The van der Waals surface area contributed by atoms with Gasteiger partial charge in [-0.1, -0.05) is 48.5 Å². The van der Waals surface area contributed by atoms with Gasteiger partial charge in [-0.25, -0.2) is 0 Å². The van der Waals surface area contributed by atoms with Gasteiger partial charge < -0.3 is 4.98 Å². The fraction of sp³-hybridized carbons (Fsp3) is 0. The van der Waals surface area contributed by atoms with E-state index in [1.807, 2.05) is 54.6 Å². The van der Waals surface area contributed by atoms with Crippen LogP contribution in [0.1, 0.15) is 15.9 Å². The number of nitrogens with zero attached hydrogens (tertiary/aromatic N) is 1. The minimum atomic E-state index is -0.484. The van der Waals surface area contributed by atoms with Crippen molar-refractivity contribution < 1.29 is 9.72 Å². The number of benzene rings is 3. The summed E-state index contributed by atoms with van der Waals surface area (Å²) in [4.78, 5) is 26.2. The first kappa shape index (κ1) is 17.4. The molecule has 1 N–H and O–H groups in total.